The molecule has 1 N–H and O–H groups in total. The molecule has 27 heavy (non-hydrogen) atoms. The first-order valence-electron chi connectivity index (χ1n) is 9.37. The van der Waals surface area contributed by atoms with Crippen molar-refractivity contribution in [1.82, 2.24) is 10.2 Å². The molecule has 1 rings (SSSR count). The van der Waals surface area contributed by atoms with Gasteiger partial charge in [-0.25, -0.2) is 9.59 Å². The maximum atomic E-state index is 13.1. The highest BCUT2D eigenvalue weighted by Crippen LogP contribution is 2.37. The predicted molar refractivity (Wildman–Crippen MR) is 103 cm³/mol. The number of nitrogens with zero attached hydrogens (tertiary/aromatic N) is 1. The van der Waals surface area contributed by atoms with Crippen LogP contribution in [0.25, 0.3) is 0 Å². The number of ether oxygens (including phenoxy) is 2. The van der Waals surface area contributed by atoms with Gasteiger partial charge in [-0.2, -0.15) is 0 Å². The highest BCUT2D eigenvalue weighted by molar-refractivity contribution is 5.90. The van der Waals surface area contributed by atoms with E-state index in [1.807, 2.05) is 20.8 Å². The van der Waals surface area contributed by atoms with Gasteiger partial charge in [0.05, 0.1) is 0 Å². The summed E-state index contributed by atoms with van der Waals surface area (Å²) >= 11 is 0. The number of alkyl carbamates (subject to hydrolysis) is 1. The molecule has 154 valence electrons. The van der Waals surface area contributed by atoms with Crippen LogP contribution in [-0.2, 0) is 19.1 Å². The third kappa shape index (κ3) is 6.56. The molecule has 1 aliphatic heterocycles. The van der Waals surface area contributed by atoms with Crippen molar-refractivity contribution in [2.24, 2.45) is 5.41 Å². The van der Waals surface area contributed by atoms with Gasteiger partial charge in [-0.1, -0.05) is 33.4 Å². The Hall–Kier alpha value is -2.05. The standard InChI is InChI=1S/C20H34N2O5/c1-9-12-26-17(24)14-10-11-15(19(3,4)5)22(14)16(23)13(2)21-18(25)27-20(6,7)8/h9,13-15H,1,10-12H2,2-8H3,(H,21,25)/t13-,14-,15+/m0/s1. The Bertz CT molecular complexity index is 574. The van der Waals surface area contributed by atoms with Crippen molar-refractivity contribution >= 4 is 18.0 Å². The molecule has 0 aromatic rings. The molecule has 0 saturated carbocycles. The minimum absolute atomic E-state index is 0.100. The van der Waals surface area contributed by atoms with Gasteiger partial charge in [-0.05, 0) is 46.0 Å². The zero-order valence-corrected chi connectivity index (χ0v) is 17.6. The van der Waals surface area contributed by atoms with E-state index in [4.69, 9.17) is 9.47 Å². The summed E-state index contributed by atoms with van der Waals surface area (Å²) in [5.74, 6) is -0.765. The molecule has 0 radical (unpaired) electrons. The summed E-state index contributed by atoms with van der Waals surface area (Å²) in [7, 11) is 0. The number of carbonyl (C=O) groups excluding carboxylic acids is 3. The molecule has 7 heteroatoms. The lowest BCUT2D eigenvalue weighted by Gasteiger charge is -2.38. The fourth-order valence-electron chi connectivity index (χ4n) is 3.21. The molecule has 0 unspecified atom stereocenters. The summed E-state index contributed by atoms with van der Waals surface area (Å²) in [4.78, 5) is 39.2. The van der Waals surface area contributed by atoms with E-state index in [9.17, 15) is 14.4 Å². The predicted octanol–water partition coefficient (Wildman–Crippen LogP) is 3.03. The fraction of sp³-hybridized carbons (Fsp3) is 0.750. The van der Waals surface area contributed by atoms with Gasteiger partial charge in [0.15, 0.2) is 0 Å². The summed E-state index contributed by atoms with van der Waals surface area (Å²) in [6.07, 6.45) is 2.05. The molecule has 2 amide bonds. The number of rotatable bonds is 5. The van der Waals surface area contributed by atoms with Crippen molar-refractivity contribution in [3.05, 3.63) is 12.7 Å². The van der Waals surface area contributed by atoms with E-state index in [0.29, 0.717) is 12.8 Å². The smallest absolute Gasteiger partial charge is 0.408 e. The molecule has 7 nitrogen and oxygen atoms in total. The zero-order valence-electron chi connectivity index (χ0n) is 17.6. The molecule has 0 aromatic carbocycles. The summed E-state index contributed by atoms with van der Waals surface area (Å²) in [5.41, 5.74) is -0.875. The number of amides is 2. The average molecular weight is 383 g/mol. The second kappa shape index (κ2) is 8.76. The first kappa shape index (κ1) is 23.0. The third-order valence-corrected chi connectivity index (χ3v) is 4.36. The second-order valence-electron chi connectivity index (χ2n) is 9.01. The summed E-state index contributed by atoms with van der Waals surface area (Å²) in [6, 6.07) is -1.61. The fourth-order valence-corrected chi connectivity index (χ4v) is 3.21. The molecular formula is C20H34N2O5. The van der Waals surface area contributed by atoms with Crippen LogP contribution in [-0.4, -0.2) is 53.2 Å². The minimum atomic E-state index is -0.822. The number of hydrogen-bond donors (Lipinski definition) is 1. The Morgan fingerprint density at radius 1 is 1.19 bits per heavy atom. The highest BCUT2D eigenvalue weighted by atomic mass is 16.6. The molecule has 1 fully saturated rings. The van der Waals surface area contributed by atoms with Crippen LogP contribution in [0.3, 0.4) is 0 Å². The average Bonchev–Trinajstić information content (AvgIpc) is 2.94. The van der Waals surface area contributed by atoms with Gasteiger partial charge in [0.2, 0.25) is 5.91 Å². The van der Waals surface area contributed by atoms with Gasteiger partial charge in [0.25, 0.3) is 0 Å². The van der Waals surface area contributed by atoms with Crippen LogP contribution >= 0.6 is 0 Å². The lowest BCUT2D eigenvalue weighted by molar-refractivity contribution is -0.155. The molecular weight excluding hydrogens is 348 g/mol. The maximum absolute atomic E-state index is 13.1. The molecule has 0 bridgehead atoms. The summed E-state index contributed by atoms with van der Waals surface area (Å²) < 4.78 is 10.4. The van der Waals surface area contributed by atoms with E-state index in [0.717, 1.165) is 0 Å². The van der Waals surface area contributed by atoms with Crippen molar-refractivity contribution in [2.45, 2.75) is 85.0 Å². The molecule has 0 aromatic heterocycles. The molecule has 1 saturated heterocycles. The van der Waals surface area contributed by atoms with E-state index < -0.39 is 29.7 Å². The van der Waals surface area contributed by atoms with E-state index >= 15 is 0 Å². The molecule has 1 heterocycles. The lowest BCUT2D eigenvalue weighted by atomic mass is 9.85. The molecule has 1 aliphatic rings. The number of hydrogen-bond acceptors (Lipinski definition) is 5. The van der Waals surface area contributed by atoms with Crippen LogP contribution in [0.1, 0.15) is 61.3 Å². The van der Waals surface area contributed by atoms with Gasteiger partial charge >= 0.3 is 12.1 Å². The Kier molecular flexibility index (Phi) is 7.46. The van der Waals surface area contributed by atoms with Gasteiger partial charge in [-0.15, -0.1) is 0 Å². The molecule has 3 atom stereocenters. The SMILES string of the molecule is C=CCOC(=O)[C@@H]1CC[C@H](C(C)(C)C)N1C(=O)[C@H](C)NC(=O)OC(C)(C)C. The van der Waals surface area contributed by atoms with Crippen LogP contribution in [0.5, 0.6) is 0 Å². The van der Waals surface area contributed by atoms with Crippen LogP contribution in [0, 0.1) is 5.41 Å². The Labute approximate surface area is 162 Å². The number of carbonyl (C=O) groups is 3. The second-order valence-corrected chi connectivity index (χ2v) is 9.01. The normalized spacial score (nSPS) is 21.4. The van der Waals surface area contributed by atoms with E-state index in [1.54, 1.807) is 32.6 Å². The number of likely N-dealkylation sites (tertiary alicyclic amines) is 1. The van der Waals surface area contributed by atoms with E-state index in [1.165, 1.54) is 6.08 Å². The van der Waals surface area contributed by atoms with Crippen LogP contribution in [0.15, 0.2) is 12.7 Å². The zero-order chi connectivity index (χ0) is 21.0. The van der Waals surface area contributed by atoms with E-state index in [2.05, 4.69) is 11.9 Å². The monoisotopic (exact) mass is 382 g/mol. The summed E-state index contributed by atoms with van der Waals surface area (Å²) in [5, 5.41) is 2.57. The van der Waals surface area contributed by atoms with Gasteiger partial charge in [0, 0.05) is 6.04 Å². The Balaban J connectivity index is 2.97. The van der Waals surface area contributed by atoms with Crippen molar-refractivity contribution in [3.63, 3.8) is 0 Å². The Morgan fingerprint density at radius 2 is 1.78 bits per heavy atom. The Morgan fingerprint density at radius 3 is 2.26 bits per heavy atom. The first-order valence-corrected chi connectivity index (χ1v) is 9.37. The van der Waals surface area contributed by atoms with Crippen molar-refractivity contribution in [3.8, 4) is 0 Å². The van der Waals surface area contributed by atoms with Gasteiger partial charge in [-0.3, -0.25) is 4.79 Å². The molecule has 0 aliphatic carbocycles. The van der Waals surface area contributed by atoms with Crippen molar-refractivity contribution in [1.29, 1.82) is 0 Å². The quantitative estimate of drug-likeness (QED) is 0.583. The molecule has 0 spiro atoms. The van der Waals surface area contributed by atoms with Crippen LogP contribution in [0.4, 0.5) is 4.79 Å². The summed E-state index contributed by atoms with van der Waals surface area (Å²) in [6.45, 7) is 16.6. The highest BCUT2D eigenvalue weighted by Gasteiger charge is 2.47. The number of esters is 1. The lowest BCUT2D eigenvalue weighted by Crippen LogP contribution is -2.56. The van der Waals surface area contributed by atoms with Crippen molar-refractivity contribution in [2.75, 3.05) is 6.61 Å². The largest absolute Gasteiger partial charge is 0.460 e. The topological polar surface area (TPSA) is 84.9 Å². The maximum Gasteiger partial charge on any atom is 0.408 e. The van der Waals surface area contributed by atoms with Crippen molar-refractivity contribution < 1.29 is 23.9 Å². The van der Waals surface area contributed by atoms with E-state index in [-0.39, 0.29) is 24.0 Å². The minimum Gasteiger partial charge on any atom is -0.460 e. The van der Waals surface area contributed by atoms with Gasteiger partial charge in [0.1, 0.15) is 24.3 Å². The third-order valence-electron chi connectivity index (χ3n) is 4.36. The number of nitrogens with one attached hydrogen (secondary N) is 1. The first-order chi connectivity index (χ1) is 12.3. The van der Waals surface area contributed by atoms with Gasteiger partial charge < -0.3 is 19.7 Å². The van der Waals surface area contributed by atoms with Crippen LogP contribution in [0.2, 0.25) is 0 Å². The van der Waals surface area contributed by atoms with Crippen LogP contribution < -0.4 is 5.32 Å².